The van der Waals surface area contributed by atoms with Crippen LogP contribution >= 0.6 is 0 Å². The van der Waals surface area contributed by atoms with E-state index in [0.717, 1.165) is 18.4 Å². The van der Waals surface area contributed by atoms with Gasteiger partial charge in [-0.05, 0) is 67.5 Å². The number of aliphatic hydroxyl groups excluding tert-OH is 1. The highest BCUT2D eigenvalue weighted by Crippen LogP contribution is 2.58. The minimum absolute atomic E-state index is 0.00961. The van der Waals surface area contributed by atoms with Crippen molar-refractivity contribution >= 4 is 11.6 Å². The van der Waals surface area contributed by atoms with E-state index in [-0.39, 0.29) is 54.7 Å². The van der Waals surface area contributed by atoms with Crippen LogP contribution in [0.5, 0.6) is 17.2 Å². The number of hydrogen-bond donors (Lipinski definition) is 2. The minimum Gasteiger partial charge on any atom is -0.491 e. The van der Waals surface area contributed by atoms with E-state index in [2.05, 4.69) is 0 Å². The summed E-state index contributed by atoms with van der Waals surface area (Å²) in [6.07, 6.45) is 1.45. The molecule has 1 aliphatic heterocycles. The van der Waals surface area contributed by atoms with Crippen molar-refractivity contribution in [1.29, 1.82) is 5.41 Å². The van der Waals surface area contributed by atoms with Crippen molar-refractivity contribution in [3.8, 4) is 17.2 Å². The number of ether oxygens (including phenoxy) is 3. The average molecular weight is 499 g/mol. The Morgan fingerprint density at radius 2 is 1.81 bits per heavy atom. The van der Waals surface area contributed by atoms with Crippen molar-refractivity contribution in [1.82, 2.24) is 4.90 Å². The zero-order chi connectivity index (χ0) is 26.3. The van der Waals surface area contributed by atoms with Crippen LogP contribution in [-0.4, -0.2) is 54.6 Å². The van der Waals surface area contributed by atoms with Crippen molar-refractivity contribution in [2.45, 2.75) is 58.4 Å². The smallest absolute Gasteiger partial charge is 0.197 e. The van der Waals surface area contributed by atoms with Crippen molar-refractivity contribution in [2.24, 2.45) is 0 Å². The zero-order valence-corrected chi connectivity index (χ0v) is 21.7. The van der Waals surface area contributed by atoms with E-state index < -0.39 is 11.4 Å². The van der Waals surface area contributed by atoms with E-state index in [1.54, 1.807) is 24.0 Å². The molecule has 0 aromatic heterocycles. The summed E-state index contributed by atoms with van der Waals surface area (Å²) in [4.78, 5) is 15.3. The van der Waals surface area contributed by atoms with Crippen LogP contribution in [0, 0.1) is 11.2 Å². The van der Waals surface area contributed by atoms with E-state index >= 15 is 4.39 Å². The molecule has 0 bridgehead atoms. The van der Waals surface area contributed by atoms with Crippen molar-refractivity contribution in [3.05, 3.63) is 52.3 Å². The Labute approximate surface area is 211 Å². The van der Waals surface area contributed by atoms with Gasteiger partial charge in [0.25, 0.3) is 0 Å². The van der Waals surface area contributed by atoms with Gasteiger partial charge in [-0.25, -0.2) is 4.39 Å². The van der Waals surface area contributed by atoms with Gasteiger partial charge in [0.15, 0.2) is 23.1 Å². The minimum atomic E-state index is -0.613. The molecule has 4 rings (SSSR count). The molecule has 1 fully saturated rings. The Balaban J connectivity index is 1.69. The molecule has 0 atom stereocenters. The predicted molar refractivity (Wildman–Crippen MR) is 135 cm³/mol. The first-order valence-corrected chi connectivity index (χ1v) is 12.5. The van der Waals surface area contributed by atoms with E-state index in [4.69, 9.17) is 24.7 Å². The Morgan fingerprint density at radius 1 is 1.11 bits per heavy atom. The summed E-state index contributed by atoms with van der Waals surface area (Å²) in [5.74, 6) is 0.0325. The molecule has 2 aromatic rings. The Morgan fingerprint density at radius 3 is 2.39 bits per heavy atom. The average Bonchev–Trinajstić information content (AvgIpc) is 3.59. The lowest BCUT2D eigenvalue weighted by Gasteiger charge is -2.27. The predicted octanol–water partition coefficient (Wildman–Crippen LogP) is 4.80. The number of carbonyl (C=O) groups is 1. The first-order valence-electron chi connectivity index (χ1n) is 12.5. The molecule has 8 heteroatoms. The molecule has 2 aromatic carbocycles. The number of Topliss-reactive ketones (excluding diaryl/α,β-unsaturated/α-hetero) is 1. The fraction of sp³-hybridized carbons (Fsp3) is 0.500. The first-order chi connectivity index (χ1) is 17.1. The standard InChI is InChI=1S/C28H35FN2O5/c1-6-34-22-15-20-23(24(29)25(22)35-7-2)26(30)31(28(20)8-9-28)16-21(33)17-12-18(27(3,4)5)14-19(13-17)36-11-10-32/h12-15,30,32H,6-11,16H2,1-5H3. The molecule has 1 spiro atoms. The summed E-state index contributed by atoms with van der Waals surface area (Å²) in [6.45, 7) is 10.3. The number of benzene rings is 2. The van der Waals surface area contributed by atoms with Gasteiger partial charge in [-0.1, -0.05) is 20.8 Å². The van der Waals surface area contributed by atoms with Gasteiger partial charge in [-0.3, -0.25) is 10.2 Å². The van der Waals surface area contributed by atoms with Crippen molar-refractivity contribution in [3.63, 3.8) is 0 Å². The molecule has 36 heavy (non-hydrogen) atoms. The molecule has 2 N–H and O–H groups in total. The molecule has 194 valence electrons. The second-order valence-corrected chi connectivity index (χ2v) is 10.3. The maximum atomic E-state index is 15.7. The zero-order valence-electron chi connectivity index (χ0n) is 21.7. The van der Waals surface area contributed by atoms with Crippen LogP contribution in [0.1, 0.15) is 74.5 Å². The number of rotatable bonds is 10. The van der Waals surface area contributed by atoms with Gasteiger partial charge in [0.2, 0.25) is 0 Å². The molecular weight excluding hydrogens is 463 g/mol. The van der Waals surface area contributed by atoms with Gasteiger partial charge >= 0.3 is 0 Å². The molecule has 0 radical (unpaired) electrons. The monoisotopic (exact) mass is 498 g/mol. The Hall–Kier alpha value is -3.13. The molecule has 2 aliphatic rings. The molecular formula is C28H35FN2O5. The summed E-state index contributed by atoms with van der Waals surface area (Å²) >= 11 is 0. The largest absolute Gasteiger partial charge is 0.491 e. The van der Waals surface area contributed by atoms with E-state index in [0.29, 0.717) is 29.2 Å². The molecule has 1 heterocycles. The fourth-order valence-electron chi connectivity index (χ4n) is 4.81. The summed E-state index contributed by atoms with van der Waals surface area (Å²) in [7, 11) is 0. The van der Waals surface area contributed by atoms with E-state index in [9.17, 15) is 4.79 Å². The molecule has 1 aliphatic carbocycles. The lowest BCUT2D eigenvalue weighted by atomic mass is 9.85. The molecule has 1 saturated carbocycles. The van der Waals surface area contributed by atoms with Crippen LogP contribution in [-0.2, 0) is 11.0 Å². The number of fused-ring (bicyclic) bond motifs is 2. The number of carbonyl (C=O) groups excluding carboxylic acids is 1. The number of nitrogens with zero attached hydrogens (tertiary/aromatic N) is 1. The van der Waals surface area contributed by atoms with Gasteiger partial charge in [0.05, 0.1) is 37.5 Å². The number of hydrogen-bond acceptors (Lipinski definition) is 6. The third-order valence-electron chi connectivity index (χ3n) is 6.78. The second-order valence-electron chi connectivity index (χ2n) is 10.3. The van der Waals surface area contributed by atoms with Gasteiger partial charge in [-0.2, -0.15) is 0 Å². The lowest BCUT2D eigenvalue weighted by Crippen LogP contribution is -2.38. The van der Waals surface area contributed by atoms with Gasteiger partial charge in [0.1, 0.15) is 18.2 Å². The molecule has 0 unspecified atom stereocenters. The summed E-state index contributed by atoms with van der Waals surface area (Å²) < 4.78 is 32.5. The van der Waals surface area contributed by atoms with Crippen LogP contribution in [0.25, 0.3) is 0 Å². The lowest BCUT2D eigenvalue weighted by molar-refractivity contribution is 0.0943. The Kier molecular flexibility index (Phi) is 7.01. The summed E-state index contributed by atoms with van der Waals surface area (Å²) in [5, 5.41) is 18.0. The SMILES string of the molecule is CCOc1cc2c(c(F)c1OCC)C(=N)N(CC(=O)c1cc(OCCO)cc(C(C)(C)C)c1)C21CC1. The van der Waals surface area contributed by atoms with Crippen LogP contribution in [0.2, 0.25) is 0 Å². The van der Waals surface area contributed by atoms with Crippen LogP contribution in [0.4, 0.5) is 4.39 Å². The van der Waals surface area contributed by atoms with Gasteiger partial charge in [-0.15, -0.1) is 0 Å². The highest BCUT2D eigenvalue weighted by atomic mass is 19.1. The first kappa shape index (κ1) is 25.9. The third-order valence-corrected chi connectivity index (χ3v) is 6.78. The van der Waals surface area contributed by atoms with Crippen LogP contribution in [0.15, 0.2) is 24.3 Å². The summed E-state index contributed by atoms with van der Waals surface area (Å²) in [5.41, 5.74) is 1.44. The topological polar surface area (TPSA) is 92.1 Å². The number of amidine groups is 1. The fourth-order valence-corrected chi connectivity index (χ4v) is 4.81. The van der Waals surface area contributed by atoms with E-state index in [1.165, 1.54) is 0 Å². The number of aliphatic hydroxyl groups is 1. The van der Waals surface area contributed by atoms with Gasteiger partial charge < -0.3 is 24.2 Å². The highest BCUT2D eigenvalue weighted by molar-refractivity contribution is 6.07. The van der Waals surface area contributed by atoms with Crippen LogP contribution in [0.3, 0.4) is 0 Å². The van der Waals surface area contributed by atoms with E-state index in [1.807, 2.05) is 39.8 Å². The van der Waals surface area contributed by atoms with Gasteiger partial charge in [0, 0.05) is 5.56 Å². The molecule has 7 nitrogen and oxygen atoms in total. The molecule has 0 amide bonds. The number of ketones is 1. The molecule has 0 saturated heterocycles. The highest BCUT2D eigenvalue weighted by Gasteiger charge is 2.58. The normalized spacial score (nSPS) is 15.8. The number of halogens is 1. The van der Waals surface area contributed by atoms with Crippen LogP contribution < -0.4 is 14.2 Å². The Bertz CT molecular complexity index is 1180. The quantitative estimate of drug-likeness (QED) is 0.457. The second kappa shape index (κ2) is 9.73. The maximum absolute atomic E-state index is 15.7. The third kappa shape index (κ3) is 4.54. The summed E-state index contributed by atoms with van der Waals surface area (Å²) in [6, 6.07) is 7.17. The van der Waals surface area contributed by atoms with Crippen molar-refractivity contribution < 1.29 is 28.5 Å². The number of nitrogens with one attached hydrogen (secondary N) is 1. The maximum Gasteiger partial charge on any atom is 0.197 e. The van der Waals surface area contributed by atoms with Crippen molar-refractivity contribution in [2.75, 3.05) is 33.0 Å².